The van der Waals surface area contributed by atoms with Crippen molar-refractivity contribution >= 4 is 26.0 Å². The lowest BCUT2D eigenvalue weighted by Gasteiger charge is -2.25. The number of halogens is 1. The van der Waals surface area contributed by atoms with Crippen molar-refractivity contribution in [2.45, 2.75) is 51.0 Å². The van der Waals surface area contributed by atoms with Gasteiger partial charge in [0, 0.05) is 17.9 Å². The first-order chi connectivity index (χ1) is 9.43. The van der Waals surface area contributed by atoms with Crippen LogP contribution in [0.4, 0.5) is 0 Å². The SMILES string of the molecule is CCCc1ccc(S(=O)(=O)N(CCCBr)C(C)C)cc1. The van der Waals surface area contributed by atoms with Gasteiger partial charge in [-0.3, -0.25) is 0 Å². The largest absolute Gasteiger partial charge is 0.243 e. The Hall–Kier alpha value is -0.390. The topological polar surface area (TPSA) is 37.4 Å². The van der Waals surface area contributed by atoms with Gasteiger partial charge in [-0.2, -0.15) is 4.31 Å². The Morgan fingerprint density at radius 2 is 1.80 bits per heavy atom. The third-order valence-electron chi connectivity index (χ3n) is 3.16. The van der Waals surface area contributed by atoms with E-state index in [-0.39, 0.29) is 6.04 Å². The molecule has 0 amide bonds. The van der Waals surface area contributed by atoms with Gasteiger partial charge in [0.15, 0.2) is 0 Å². The van der Waals surface area contributed by atoms with Gasteiger partial charge in [0.2, 0.25) is 10.0 Å². The van der Waals surface area contributed by atoms with Crippen LogP contribution in [0, 0.1) is 0 Å². The number of aryl methyl sites for hydroxylation is 1. The molecule has 20 heavy (non-hydrogen) atoms. The first-order valence-corrected chi connectivity index (χ1v) is 9.66. The van der Waals surface area contributed by atoms with Crippen molar-refractivity contribution < 1.29 is 8.42 Å². The molecular formula is C15H24BrNO2S. The zero-order chi connectivity index (χ0) is 15.2. The van der Waals surface area contributed by atoms with E-state index in [0.29, 0.717) is 11.4 Å². The molecule has 0 radical (unpaired) electrons. The number of sulfonamides is 1. The zero-order valence-corrected chi connectivity index (χ0v) is 14.9. The summed E-state index contributed by atoms with van der Waals surface area (Å²) < 4.78 is 26.9. The van der Waals surface area contributed by atoms with Crippen LogP contribution in [-0.4, -0.2) is 30.6 Å². The first kappa shape index (κ1) is 17.7. The Morgan fingerprint density at radius 3 is 2.25 bits per heavy atom. The van der Waals surface area contributed by atoms with E-state index in [2.05, 4.69) is 22.9 Å². The molecule has 0 aliphatic heterocycles. The lowest BCUT2D eigenvalue weighted by molar-refractivity contribution is 0.355. The predicted octanol–water partition coefficient (Wildman–Crippen LogP) is 3.82. The maximum absolute atomic E-state index is 12.7. The summed E-state index contributed by atoms with van der Waals surface area (Å²) in [6.07, 6.45) is 2.86. The summed E-state index contributed by atoms with van der Waals surface area (Å²) >= 11 is 3.36. The van der Waals surface area contributed by atoms with E-state index in [0.717, 1.165) is 24.6 Å². The number of hydrogen-bond donors (Lipinski definition) is 0. The summed E-state index contributed by atoms with van der Waals surface area (Å²) in [6.45, 7) is 6.49. The van der Waals surface area contributed by atoms with Crippen LogP contribution in [0.3, 0.4) is 0 Å². The molecule has 0 unspecified atom stereocenters. The van der Waals surface area contributed by atoms with E-state index in [1.165, 1.54) is 5.56 Å². The molecule has 0 spiro atoms. The van der Waals surface area contributed by atoms with Gasteiger partial charge in [0.25, 0.3) is 0 Å². The molecular weight excluding hydrogens is 338 g/mol. The standard InChI is InChI=1S/C15H24BrNO2S/c1-4-6-14-7-9-15(10-8-14)20(18,19)17(13(2)3)12-5-11-16/h7-10,13H,4-6,11-12H2,1-3H3. The molecule has 0 fully saturated rings. The van der Waals surface area contributed by atoms with Gasteiger partial charge in [0.1, 0.15) is 0 Å². The van der Waals surface area contributed by atoms with Gasteiger partial charge in [-0.15, -0.1) is 0 Å². The van der Waals surface area contributed by atoms with Crippen molar-refractivity contribution in [2.24, 2.45) is 0 Å². The summed E-state index contributed by atoms with van der Waals surface area (Å²) in [5.74, 6) is 0. The Kier molecular flexibility index (Phi) is 7.20. The fourth-order valence-electron chi connectivity index (χ4n) is 2.12. The van der Waals surface area contributed by atoms with Crippen LogP contribution in [0.2, 0.25) is 0 Å². The van der Waals surface area contributed by atoms with Crippen molar-refractivity contribution in [3.05, 3.63) is 29.8 Å². The summed E-state index contributed by atoms with van der Waals surface area (Å²) in [4.78, 5) is 0.389. The maximum atomic E-state index is 12.7. The second-order valence-electron chi connectivity index (χ2n) is 5.15. The number of benzene rings is 1. The molecule has 0 atom stereocenters. The molecule has 0 bridgehead atoms. The molecule has 5 heteroatoms. The van der Waals surface area contributed by atoms with Crippen molar-refractivity contribution in [3.8, 4) is 0 Å². The quantitative estimate of drug-likeness (QED) is 0.660. The normalized spacial score (nSPS) is 12.3. The third kappa shape index (κ3) is 4.57. The molecule has 1 aromatic carbocycles. The molecule has 3 nitrogen and oxygen atoms in total. The number of hydrogen-bond acceptors (Lipinski definition) is 2. The lowest BCUT2D eigenvalue weighted by atomic mass is 10.1. The molecule has 0 heterocycles. The molecule has 0 aliphatic rings. The highest BCUT2D eigenvalue weighted by atomic mass is 79.9. The zero-order valence-electron chi connectivity index (χ0n) is 12.5. The van der Waals surface area contributed by atoms with Gasteiger partial charge < -0.3 is 0 Å². The fourth-order valence-corrected chi connectivity index (χ4v) is 4.05. The minimum absolute atomic E-state index is 0.0330. The van der Waals surface area contributed by atoms with Gasteiger partial charge in [-0.1, -0.05) is 41.4 Å². The molecule has 114 valence electrons. The highest BCUT2D eigenvalue weighted by molar-refractivity contribution is 9.09. The fraction of sp³-hybridized carbons (Fsp3) is 0.600. The Labute approximate surface area is 131 Å². The lowest BCUT2D eigenvalue weighted by Crippen LogP contribution is -2.37. The van der Waals surface area contributed by atoms with Crippen molar-refractivity contribution in [2.75, 3.05) is 11.9 Å². The van der Waals surface area contributed by atoms with E-state index >= 15 is 0 Å². The van der Waals surface area contributed by atoms with Crippen LogP contribution in [0.1, 0.15) is 39.2 Å². The monoisotopic (exact) mass is 361 g/mol. The smallest absolute Gasteiger partial charge is 0.207 e. The Bertz CT molecular complexity index is 497. The van der Waals surface area contributed by atoms with Crippen LogP contribution in [0.25, 0.3) is 0 Å². The molecule has 0 aromatic heterocycles. The minimum atomic E-state index is -3.39. The highest BCUT2D eigenvalue weighted by Gasteiger charge is 2.26. The van der Waals surface area contributed by atoms with Gasteiger partial charge in [0.05, 0.1) is 4.90 Å². The van der Waals surface area contributed by atoms with E-state index in [9.17, 15) is 8.42 Å². The average molecular weight is 362 g/mol. The highest BCUT2D eigenvalue weighted by Crippen LogP contribution is 2.20. The van der Waals surface area contributed by atoms with Gasteiger partial charge in [-0.05, 0) is 44.4 Å². The molecule has 1 aromatic rings. The number of nitrogens with zero attached hydrogens (tertiary/aromatic N) is 1. The van der Waals surface area contributed by atoms with Crippen molar-refractivity contribution in [3.63, 3.8) is 0 Å². The molecule has 1 rings (SSSR count). The van der Waals surface area contributed by atoms with Crippen LogP contribution in [0.5, 0.6) is 0 Å². The van der Waals surface area contributed by atoms with E-state index in [4.69, 9.17) is 0 Å². The average Bonchev–Trinajstić information content (AvgIpc) is 2.39. The Balaban J connectivity index is 3.00. The third-order valence-corrected chi connectivity index (χ3v) is 5.81. The number of alkyl halides is 1. The maximum Gasteiger partial charge on any atom is 0.243 e. The van der Waals surface area contributed by atoms with E-state index < -0.39 is 10.0 Å². The second-order valence-corrected chi connectivity index (χ2v) is 7.83. The second kappa shape index (κ2) is 8.15. The van der Waals surface area contributed by atoms with Crippen LogP contribution in [0.15, 0.2) is 29.2 Å². The molecule has 0 saturated heterocycles. The van der Waals surface area contributed by atoms with Crippen LogP contribution < -0.4 is 0 Å². The first-order valence-electron chi connectivity index (χ1n) is 7.10. The summed E-state index contributed by atoms with van der Waals surface area (Å²) in [7, 11) is -3.39. The van der Waals surface area contributed by atoms with Gasteiger partial charge in [-0.25, -0.2) is 8.42 Å². The minimum Gasteiger partial charge on any atom is -0.207 e. The summed E-state index contributed by atoms with van der Waals surface area (Å²) in [6, 6.07) is 7.25. The predicted molar refractivity (Wildman–Crippen MR) is 87.9 cm³/mol. The Morgan fingerprint density at radius 1 is 1.20 bits per heavy atom. The summed E-state index contributed by atoms with van der Waals surface area (Å²) in [5.41, 5.74) is 1.18. The van der Waals surface area contributed by atoms with Crippen LogP contribution >= 0.6 is 15.9 Å². The molecule has 0 N–H and O–H groups in total. The van der Waals surface area contributed by atoms with Crippen LogP contribution in [-0.2, 0) is 16.4 Å². The van der Waals surface area contributed by atoms with Crippen molar-refractivity contribution in [1.29, 1.82) is 0 Å². The van der Waals surface area contributed by atoms with E-state index in [1.807, 2.05) is 26.0 Å². The van der Waals surface area contributed by atoms with Gasteiger partial charge >= 0.3 is 0 Å². The molecule has 0 aliphatic carbocycles. The van der Waals surface area contributed by atoms with Crippen molar-refractivity contribution in [1.82, 2.24) is 4.31 Å². The number of rotatable bonds is 8. The van der Waals surface area contributed by atoms with E-state index in [1.54, 1.807) is 16.4 Å². The summed E-state index contributed by atoms with van der Waals surface area (Å²) in [5, 5.41) is 0.807. The molecule has 0 saturated carbocycles.